The van der Waals surface area contributed by atoms with E-state index in [0.29, 0.717) is 6.04 Å². The fourth-order valence-electron chi connectivity index (χ4n) is 3.79. The fraction of sp³-hybridized carbons (Fsp3) is 0.867. The lowest BCUT2D eigenvalue weighted by atomic mass is 10.1. The van der Waals surface area contributed by atoms with E-state index in [1.54, 1.807) is 0 Å². The maximum Gasteiger partial charge on any atom is 0.0644 e. The van der Waals surface area contributed by atoms with Crippen LogP contribution in [0.25, 0.3) is 0 Å². The van der Waals surface area contributed by atoms with Crippen LogP contribution in [0.4, 0.5) is 0 Å². The number of ether oxygens (including phenoxy) is 2. The minimum absolute atomic E-state index is 0.369. The summed E-state index contributed by atoms with van der Waals surface area (Å²) in [5.74, 6) is 0. The standard InChI is InChI=1S/C30H59NO2/c1-5-7-9-10-11-12-13-14-15-16-17-18-19-20-21-22-23-25-27-33-29-30(31(3)4)28-32-26-24-8-6-2/h11-12,14-15,30H,5-10,13,16-29H2,1-4H3/b12-11-,15-14-/t30-/m0/s1. The van der Waals surface area contributed by atoms with Gasteiger partial charge in [0.25, 0.3) is 0 Å². The minimum atomic E-state index is 0.369. The van der Waals surface area contributed by atoms with Crippen LogP contribution in [0.3, 0.4) is 0 Å². The van der Waals surface area contributed by atoms with E-state index in [1.807, 2.05) is 0 Å². The molecule has 0 aliphatic carbocycles. The Morgan fingerprint density at radius 1 is 0.545 bits per heavy atom. The number of hydrogen-bond donors (Lipinski definition) is 0. The van der Waals surface area contributed by atoms with Crippen molar-refractivity contribution in [3.05, 3.63) is 24.3 Å². The maximum atomic E-state index is 5.93. The van der Waals surface area contributed by atoms with E-state index in [9.17, 15) is 0 Å². The van der Waals surface area contributed by atoms with E-state index in [4.69, 9.17) is 9.47 Å². The van der Waals surface area contributed by atoms with E-state index in [-0.39, 0.29) is 0 Å². The monoisotopic (exact) mass is 465 g/mol. The predicted octanol–water partition coefficient (Wildman–Crippen LogP) is 8.73. The number of rotatable bonds is 26. The van der Waals surface area contributed by atoms with E-state index < -0.39 is 0 Å². The lowest BCUT2D eigenvalue weighted by molar-refractivity contribution is 0.0198. The molecule has 0 amide bonds. The van der Waals surface area contributed by atoms with E-state index >= 15 is 0 Å². The van der Waals surface area contributed by atoms with Crippen LogP contribution in [0.2, 0.25) is 0 Å². The molecule has 0 bridgehead atoms. The highest BCUT2D eigenvalue weighted by atomic mass is 16.5. The second kappa shape index (κ2) is 27.6. The lowest BCUT2D eigenvalue weighted by Crippen LogP contribution is -2.37. The molecule has 0 rings (SSSR count). The number of nitrogens with zero attached hydrogens (tertiary/aromatic N) is 1. The van der Waals surface area contributed by atoms with Crippen LogP contribution in [-0.2, 0) is 9.47 Å². The van der Waals surface area contributed by atoms with Crippen molar-refractivity contribution in [2.24, 2.45) is 0 Å². The minimum Gasteiger partial charge on any atom is -0.380 e. The van der Waals surface area contributed by atoms with Crippen molar-refractivity contribution >= 4 is 0 Å². The summed E-state index contributed by atoms with van der Waals surface area (Å²) in [5.41, 5.74) is 0. The summed E-state index contributed by atoms with van der Waals surface area (Å²) in [7, 11) is 4.24. The van der Waals surface area contributed by atoms with Crippen LogP contribution in [0.5, 0.6) is 0 Å². The fourth-order valence-corrected chi connectivity index (χ4v) is 3.79. The van der Waals surface area contributed by atoms with Gasteiger partial charge in [-0.1, -0.05) is 102 Å². The zero-order chi connectivity index (χ0) is 24.2. The van der Waals surface area contributed by atoms with Crippen LogP contribution in [0.15, 0.2) is 24.3 Å². The largest absolute Gasteiger partial charge is 0.380 e. The second-order valence-electron chi connectivity index (χ2n) is 9.77. The molecule has 0 saturated heterocycles. The third kappa shape index (κ3) is 25.8. The first-order valence-electron chi connectivity index (χ1n) is 14.3. The Hall–Kier alpha value is -0.640. The highest BCUT2D eigenvalue weighted by Gasteiger charge is 2.11. The summed E-state index contributed by atoms with van der Waals surface area (Å²) >= 11 is 0. The first kappa shape index (κ1) is 32.4. The van der Waals surface area contributed by atoms with E-state index in [2.05, 4.69) is 57.1 Å². The van der Waals surface area contributed by atoms with Gasteiger partial charge in [-0.05, 0) is 59.0 Å². The summed E-state index contributed by atoms with van der Waals surface area (Å²) in [6.45, 7) is 7.82. The molecule has 0 aliphatic heterocycles. The summed E-state index contributed by atoms with van der Waals surface area (Å²) in [5, 5.41) is 0. The Labute approximate surface area is 208 Å². The summed E-state index contributed by atoms with van der Waals surface area (Å²) in [4.78, 5) is 2.22. The molecule has 1 atom stereocenters. The molecule has 33 heavy (non-hydrogen) atoms. The normalized spacial score (nSPS) is 13.1. The zero-order valence-electron chi connectivity index (χ0n) is 23.0. The van der Waals surface area contributed by atoms with Crippen molar-refractivity contribution in [2.45, 2.75) is 129 Å². The van der Waals surface area contributed by atoms with Crippen molar-refractivity contribution in [3.63, 3.8) is 0 Å². The van der Waals surface area contributed by atoms with Crippen LogP contribution in [0.1, 0.15) is 123 Å². The van der Waals surface area contributed by atoms with Gasteiger partial charge in [0.1, 0.15) is 0 Å². The molecule has 0 spiro atoms. The van der Waals surface area contributed by atoms with E-state index in [1.165, 1.54) is 103 Å². The molecular weight excluding hydrogens is 406 g/mol. The second-order valence-corrected chi connectivity index (χ2v) is 9.77. The van der Waals surface area contributed by atoms with Crippen LogP contribution < -0.4 is 0 Å². The summed E-state index contributed by atoms with van der Waals surface area (Å²) in [6.07, 6.45) is 31.4. The number of likely N-dealkylation sites (N-methyl/N-ethyl adjacent to an activating group) is 1. The molecule has 0 N–H and O–H groups in total. The van der Waals surface area contributed by atoms with Crippen molar-refractivity contribution in [3.8, 4) is 0 Å². The average molecular weight is 466 g/mol. The zero-order valence-corrected chi connectivity index (χ0v) is 23.0. The Morgan fingerprint density at radius 2 is 0.970 bits per heavy atom. The Bertz CT molecular complexity index is 420. The molecular formula is C30H59NO2. The quantitative estimate of drug-likeness (QED) is 0.0941. The van der Waals surface area contributed by atoms with Crippen molar-refractivity contribution in [2.75, 3.05) is 40.5 Å². The third-order valence-electron chi connectivity index (χ3n) is 6.23. The first-order chi connectivity index (χ1) is 16.2. The molecule has 0 saturated carbocycles. The molecule has 3 nitrogen and oxygen atoms in total. The molecule has 0 heterocycles. The third-order valence-corrected chi connectivity index (χ3v) is 6.23. The summed E-state index contributed by atoms with van der Waals surface area (Å²) < 4.78 is 11.8. The topological polar surface area (TPSA) is 21.7 Å². The van der Waals surface area contributed by atoms with Crippen molar-refractivity contribution < 1.29 is 9.47 Å². The highest BCUT2D eigenvalue weighted by Crippen LogP contribution is 2.10. The van der Waals surface area contributed by atoms with Gasteiger partial charge in [0, 0.05) is 13.2 Å². The molecule has 0 unspecified atom stereocenters. The molecule has 0 radical (unpaired) electrons. The van der Waals surface area contributed by atoms with Gasteiger partial charge in [-0.2, -0.15) is 0 Å². The molecule has 0 fully saturated rings. The van der Waals surface area contributed by atoms with Gasteiger partial charge in [-0.3, -0.25) is 0 Å². The Morgan fingerprint density at radius 3 is 1.48 bits per heavy atom. The van der Waals surface area contributed by atoms with Gasteiger partial charge >= 0.3 is 0 Å². The Kier molecular flexibility index (Phi) is 27.1. The highest BCUT2D eigenvalue weighted by molar-refractivity contribution is 4.92. The first-order valence-corrected chi connectivity index (χ1v) is 14.3. The van der Waals surface area contributed by atoms with Gasteiger partial charge in [-0.15, -0.1) is 0 Å². The van der Waals surface area contributed by atoms with Crippen LogP contribution >= 0.6 is 0 Å². The predicted molar refractivity (Wildman–Crippen MR) is 147 cm³/mol. The molecule has 0 aromatic carbocycles. The molecule has 0 aliphatic rings. The van der Waals surface area contributed by atoms with Crippen molar-refractivity contribution in [1.29, 1.82) is 0 Å². The van der Waals surface area contributed by atoms with Crippen LogP contribution in [-0.4, -0.2) is 51.5 Å². The smallest absolute Gasteiger partial charge is 0.0644 e. The van der Waals surface area contributed by atoms with Crippen LogP contribution in [0, 0.1) is 0 Å². The van der Waals surface area contributed by atoms with Gasteiger partial charge in [-0.25, -0.2) is 0 Å². The number of allylic oxidation sites excluding steroid dienone is 4. The molecule has 3 heteroatoms. The maximum absolute atomic E-state index is 5.93. The van der Waals surface area contributed by atoms with E-state index in [0.717, 1.165) is 32.8 Å². The molecule has 0 aromatic heterocycles. The lowest BCUT2D eigenvalue weighted by Gasteiger charge is -2.24. The van der Waals surface area contributed by atoms with Gasteiger partial charge in [0.05, 0.1) is 19.3 Å². The van der Waals surface area contributed by atoms with Crippen molar-refractivity contribution in [1.82, 2.24) is 4.90 Å². The SMILES string of the molecule is CCCCC/C=C\C/C=C\CCCCCCCCCCOC[C@H](COCCCCC)N(C)C. The van der Waals surface area contributed by atoms with Gasteiger partial charge in [0.2, 0.25) is 0 Å². The van der Waals surface area contributed by atoms with Gasteiger partial charge in [0.15, 0.2) is 0 Å². The van der Waals surface area contributed by atoms with Gasteiger partial charge < -0.3 is 14.4 Å². The average Bonchev–Trinajstić information content (AvgIpc) is 2.81. The Balaban J connectivity index is 3.37. The number of hydrogen-bond acceptors (Lipinski definition) is 3. The molecule has 0 aromatic rings. The molecule has 196 valence electrons. The summed E-state index contributed by atoms with van der Waals surface area (Å²) in [6, 6.07) is 0.369. The number of unbranched alkanes of at least 4 members (excludes halogenated alkanes) is 13.